The molecule has 1 atom stereocenters. The van der Waals surface area contributed by atoms with Gasteiger partial charge in [0.2, 0.25) is 17.8 Å². The van der Waals surface area contributed by atoms with E-state index in [-0.39, 0.29) is 18.4 Å². The van der Waals surface area contributed by atoms with Crippen LogP contribution in [-0.2, 0) is 21.7 Å². The van der Waals surface area contributed by atoms with E-state index in [2.05, 4.69) is 5.32 Å². The smallest absolute Gasteiger partial charge is 0.294 e. The predicted molar refractivity (Wildman–Crippen MR) is 113 cm³/mol. The molecular weight excluding hydrogens is 409 g/mol. The summed E-state index contributed by atoms with van der Waals surface area (Å²) in [4.78, 5) is 28.2. The average Bonchev–Trinajstić information content (AvgIpc) is 2.71. The Morgan fingerprint density at radius 2 is 1.62 bits per heavy atom. The summed E-state index contributed by atoms with van der Waals surface area (Å²) >= 11 is 12.0. The zero-order chi connectivity index (χ0) is 20.6. The highest BCUT2D eigenvalue weighted by atomic mass is 35.5. The van der Waals surface area contributed by atoms with Crippen LogP contribution in [0.25, 0.3) is 0 Å². The molecular formula is C22H18Cl2N3O2+. The number of anilines is 2. The molecule has 0 spiro atoms. The van der Waals surface area contributed by atoms with Crippen LogP contribution in [0.15, 0.2) is 72.9 Å². The third-order valence-corrected chi connectivity index (χ3v) is 5.57. The fraction of sp³-hybridized carbons (Fsp3) is 0.136. The number of fused-ring (bicyclic) bond motifs is 1. The molecule has 0 bridgehead atoms. The molecule has 1 aliphatic rings. The Morgan fingerprint density at radius 3 is 2.28 bits per heavy atom. The van der Waals surface area contributed by atoms with Crippen LogP contribution in [0.2, 0.25) is 10.0 Å². The van der Waals surface area contributed by atoms with Gasteiger partial charge in [-0.25, -0.2) is 0 Å². The van der Waals surface area contributed by atoms with E-state index in [0.29, 0.717) is 27.1 Å². The number of amides is 2. The van der Waals surface area contributed by atoms with Gasteiger partial charge in [0, 0.05) is 33.6 Å². The highest BCUT2D eigenvalue weighted by Crippen LogP contribution is 2.36. The van der Waals surface area contributed by atoms with Crippen LogP contribution in [0.1, 0.15) is 12.6 Å². The third kappa shape index (κ3) is 3.48. The average molecular weight is 427 g/mol. The molecule has 4 rings (SSSR count). The van der Waals surface area contributed by atoms with Crippen LogP contribution in [0.5, 0.6) is 0 Å². The monoisotopic (exact) mass is 426 g/mol. The van der Waals surface area contributed by atoms with Gasteiger partial charge in [-0.05, 0) is 55.5 Å². The van der Waals surface area contributed by atoms with E-state index in [0.717, 1.165) is 0 Å². The van der Waals surface area contributed by atoms with Crippen molar-refractivity contribution in [3.05, 3.63) is 88.7 Å². The van der Waals surface area contributed by atoms with Crippen molar-refractivity contribution in [1.82, 2.24) is 0 Å². The minimum absolute atomic E-state index is 0.141. The molecule has 0 aliphatic carbocycles. The van der Waals surface area contributed by atoms with Gasteiger partial charge >= 0.3 is 0 Å². The topological polar surface area (TPSA) is 53.3 Å². The number of benzene rings is 2. The van der Waals surface area contributed by atoms with Crippen molar-refractivity contribution in [1.29, 1.82) is 0 Å². The number of nitrogens with one attached hydrogen (secondary N) is 1. The van der Waals surface area contributed by atoms with Gasteiger partial charge < -0.3 is 5.32 Å². The maximum absolute atomic E-state index is 13.6. The van der Waals surface area contributed by atoms with Crippen molar-refractivity contribution >= 4 is 46.4 Å². The number of hydrogen-bond acceptors (Lipinski definition) is 2. The molecule has 1 N–H and O–H groups in total. The fourth-order valence-electron chi connectivity index (χ4n) is 3.63. The molecule has 0 radical (unpaired) electrons. The van der Waals surface area contributed by atoms with E-state index < -0.39 is 5.54 Å². The van der Waals surface area contributed by atoms with Gasteiger partial charge in [0.15, 0.2) is 6.20 Å². The second-order valence-electron chi connectivity index (χ2n) is 6.95. The summed E-state index contributed by atoms with van der Waals surface area (Å²) in [7, 11) is 0. The fourth-order valence-corrected chi connectivity index (χ4v) is 3.88. The second-order valence-corrected chi connectivity index (χ2v) is 7.83. The Hall–Kier alpha value is -2.89. The highest BCUT2D eigenvalue weighted by Gasteiger charge is 2.54. The Kier molecular flexibility index (Phi) is 5.03. The van der Waals surface area contributed by atoms with E-state index in [1.807, 2.05) is 18.2 Å². The molecule has 1 unspecified atom stereocenters. The van der Waals surface area contributed by atoms with Gasteiger partial charge in [-0.2, -0.15) is 4.57 Å². The molecule has 5 nitrogen and oxygen atoms in total. The molecule has 1 aromatic heterocycles. The number of carbonyl (C=O) groups is 2. The summed E-state index contributed by atoms with van der Waals surface area (Å²) in [5.74, 6) is -0.521. The van der Waals surface area contributed by atoms with Crippen LogP contribution < -0.4 is 14.8 Å². The quantitative estimate of drug-likeness (QED) is 0.638. The Labute approximate surface area is 178 Å². The lowest BCUT2D eigenvalue weighted by Crippen LogP contribution is -2.67. The first kappa shape index (κ1) is 19.4. The van der Waals surface area contributed by atoms with E-state index in [9.17, 15) is 9.59 Å². The SMILES string of the molecule is CC1(C(=O)Nc2ccc(Cl)cc2)c2cccc[n+]2CC(=O)N1c1ccc(Cl)cc1. The summed E-state index contributed by atoms with van der Waals surface area (Å²) in [6, 6.07) is 19.3. The molecule has 0 saturated carbocycles. The summed E-state index contributed by atoms with van der Waals surface area (Å²) in [6.07, 6.45) is 1.81. The van der Waals surface area contributed by atoms with Crippen LogP contribution in [0.4, 0.5) is 11.4 Å². The summed E-state index contributed by atoms with van der Waals surface area (Å²) in [6.45, 7) is 1.89. The maximum Gasteiger partial charge on any atom is 0.294 e. The normalized spacial score (nSPS) is 18.3. The van der Waals surface area contributed by atoms with E-state index in [4.69, 9.17) is 23.2 Å². The number of hydrogen-bond donors (Lipinski definition) is 1. The Morgan fingerprint density at radius 1 is 1.00 bits per heavy atom. The lowest BCUT2D eigenvalue weighted by Gasteiger charge is -2.40. The highest BCUT2D eigenvalue weighted by molar-refractivity contribution is 6.31. The number of halogens is 2. The summed E-state index contributed by atoms with van der Waals surface area (Å²) in [5, 5.41) is 4.05. The van der Waals surface area contributed by atoms with Crippen molar-refractivity contribution in [3.8, 4) is 0 Å². The van der Waals surface area contributed by atoms with Gasteiger partial charge in [-0.3, -0.25) is 14.5 Å². The first-order valence-electron chi connectivity index (χ1n) is 9.04. The van der Waals surface area contributed by atoms with Gasteiger partial charge in [-0.15, -0.1) is 0 Å². The summed E-state index contributed by atoms with van der Waals surface area (Å²) < 4.78 is 1.80. The lowest BCUT2D eigenvalue weighted by atomic mass is 9.89. The van der Waals surface area contributed by atoms with Gasteiger partial charge in [-0.1, -0.05) is 29.3 Å². The molecule has 29 heavy (non-hydrogen) atoms. The molecule has 7 heteroatoms. The molecule has 2 amide bonds. The summed E-state index contributed by atoms with van der Waals surface area (Å²) in [5.41, 5.74) is 0.630. The van der Waals surface area contributed by atoms with Crippen molar-refractivity contribution in [3.63, 3.8) is 0 Å². The maximum atomic E-state index is 13.6. The van der Waals surface area contributed by atoms with Crippen molar-refractivity contribution in [2.24, 2.45) is 0 Å². The minimum atomic E-state index is -1.27. The number of aromatic nitrogens is 1. The molecule has 2 aromatic carbocycles. The Bertz CT molecular complexity index is 1080. The van der Waals surface area contributed by atoms with Crippen LogP contribution in [0.3, 0.4) is 0 Å². The minimum Gasteiger partial charge on any atom is -0.324 e. The molecule has 1 aliphatic heterocycles. The molecule has 146 valence electrons. The number of pyridine rings is 1. The van der Waals surface area contributed by atoms with Crippen LogP contribution in [0, 0.1) is 0 Å². The molecule has 2 heterocycles. The largest absolute Gasteiger partial charge is 0.324 e. The zero-order valence-electron chi connectivity index (χ0n) is 15.6. The van der Waals surface area contributed by atoms with Gasteiger partial charge in [0.1, 0.15) is 0 Å². The Balaban J connectivity index is 1.83. The van der Waals surface area contributed by atoms with Crippen molar-refractivity contribution in [2.45, 2.75) is 19.0 Å². The standard InChI is InChI=1S/C22H17Cl2N3O2/c1-22(21(29)25-17-9-5-15(23)6-10-17)19-4-2-3-13-26(19)14-20(28)27(22)18-11-7-16(24)8-12-18/h2-13H,14H2,1H3/p+1. The molecule has 3 aromatic rings. The second kappa shape index (κ2) is 7.50. The molecule has 0 saturated heterocycles. The lowest BCUT2D eigenvalue weighted by molar-refractivity contribution is -0.697. The van der Waals surface area contributed by atoms with E-state index >= 15 is 0 Å². The number of nitrogens with zero attached hydrogens (tertiary/aromatic N) is 2. The van der Waals surface area contributed by atoms with Gasteiger partial charge in [0.25, 0.3) is 11.8 Å². The van der Waals surface area contributed by atoms with Crippen LogP contribution in [-0.4, -0.2) is 11.8 Å². The van der Waals surface area contributed by atoms with E-state index in [1.165, 1.54) is 4.90 Å². The van der Waals surface area contributed by atoms with Crippen molar-refractivity contribution in [2.75, 3.05) is 10.2 Å². The first-order chi connectivity index (χ1) is 13.9. The third-order valence-electron chi connectivity index (χ3n) is 5.07. The zero-order valence-corrected chi connectivity index (χ0v) is 17.1. The van der Waals surface area contributed by atoms with Crippen LogP contribution >= 0.6 is 23.2 Å². The predicted octanol–water partition coefficient (Wildman–Crippen LogP) is 4.18. The van der Waals surface area contributed by atoms with E-state index in [1.54, 1.807) is 66.2 Å². The first-order valence-corrected chi connectivity index (χ1v) is 9.80. The number of rotatable bonds is 3. The van der Waals surface area contributed by atoms with Gasteiger partial charge in [0.05, 0.1) is 0 Å². The molecule has 0 fully saturated rings. The number of carbonyl (C=O) groups excluding carboxylic acids is 2. The van der Waals surface area contributed by atoms with Crippen molar-refractivity contribution < 1.29 is 14.2 Å².